The van der Waals surface area contributed by atoms with E-state index >= 15 is 0 Å². The molecular formula is C6H7BrClF2NS. The molecule has 0 radical (unpaired) electrons. The fourth-order valence-electron chi connectivity index (χ4n) is 0.632. The third-order valence-electron chi connectivity index (χ3n) is 1.19. The zero-order valence-electron chi connectivity index (χ0n) is 5.84. The van der Waals surface area contributed by atoms with Gasteiger partial charge in [0.15, 0.2) is 0 Å². The first-order valence-electron chi connectivity index (χ1n) is 2.90. The minimum absolute atomic E-state index is 0. The van der Waals surface area contributed by atoms with Crippen LogP contribution >= 0.6 is 39.7 Å². The molecule has 2 N–H and O–H groups in total. The maximum Gasteiger partial charge on any atom is 0.258 e. The van der Waals surface area contributed by atoms with Gasteiger partial charge in [0.2, 0.25) is 0 Å². The van der Waals surface area contributed by atoms with E-state index in [0.29, 0.717) is 4.88 Å². The zero-order valence-corrected chi connectivity index (χ0v) is 9.06. The molecule has 70 valence electrons. The Kier molecular flexibility index (Phi) is 5.24. The monoisotopic (exact) mass is 277 g/mol. The molecule has 0 fully saturated rings. The Balaban J connectivity index is 0.00000121. The molecule has 6 heteroatoms. The summed E-state index contributed by atoms with van der Waals surface area (Å²) >= 11 is 4.40. The van der Waals surface area contributed by atoms with Crippen LogP contribution in [0.5, 0.6) is 0 Å². The van der Waals surface area contributed by atoms with Crippen LogP contribution in [0, 0.1) is 0 Å². The Morgan fingerprint density at radius 2 is 2.00 bits per heavy atom. The quantitative estimate of drug-likeness (QED) is 0.883. The van der Waals surface area contributed by atoms with Gasteiger partial charge in [0.1, 0.15) is 6.04 Å². The topological polar surface area (TPSA) is 26.0 Å². The second-order valence-corrected chi connectivity index (χ2v) is 4.50. The van der Waals surface area contributed by atoms with Crippen LogP contribution in [-0.2, 0) is 0 Å². The first-order chi connectivity index (χ1) is 5.11. The average Bonchev–Trinajstić information content (AvgIpc) is 2.34. The highest BCUT2D eigenvalue weighted by Gasteiger charge is 2.18. The molecule has 0 unspecified atom stereocenters. The van der Waals surface area contributed by atoms with E-state index in [4.69, 9.17) is 5.73 Å². The van der Waals surface area contributed by atoms with Crippen molar-refractivity contribution in [2.24, 2.45) is 5.73 Å². The summed E-state index contributed by atoms with van der Waals surface area (Å²) in [4.78, 5) is 0.506. The molecular weight excluding hydrogens is 271 g/mol. The molecule has 1 aromatic heterocycles. The number of thiophene rings is 1. The van der Waals surface area contributed by atoms with E-state index in [1.807, 2.05) is 0 Å². The summed E-state index contributed by atoms with van der Waals surface area (Å²) in [5.41, 5.74) is 5.19. The Hall–Kier alpha value is 0.290. The van der Waals surface area contributed by atoms with E-state index in [-0.39, 0.29) is 12.4 Å². The van der Waals surface area contributed by atoms with Gasteiger partial charge in [-0.05, 0) is 28.1 Å². The van der Waals surface area contributed by atoms with E-state index < -0.39 is 12.5 Å². The lowest BCUT2D eigenvalue weighted by atomic mass is 10.3. The fraction of sp³-hybridized carbons (Fsp3) is 0.333. The van der Waals surface area contributed by atoms with E-state index in [0.717, 1.165) is 3.79 Å². The number of halogens is 4. The highest BCUT2D eigenvalue weighted by Crippen LogP contribution is 2.28. The van der Waals surface area contributed by atoms with Crippen molar-refractivity contribution in [1.29, 1.82) is 0 Å². The van der Waals surface area contributed by atoms with Crippen LogP contribution in [0.15, 0.2) is 15.9 Å². The normalized spacial score (nSPS) is 12.8. The predicted molar refractivity (Wildman–Crippen MR) is 52.2 cm³/mol. The van der Waals surface area contributed by atoms with Crippen molar-refractivity contribution in [3.63, 3.8) is 0 Å². The lowest BCUT2D eigenvalue weighted by Gasteiger charge is -2.05. The minimum Gasteiger partial charge on any atom is -0.319 e. The van der Waals surface area contributed by atoms with E-state index in [2.05, 4.69) is 15.9 Å². The van der Waals surface area contributed by atoms with Crippen LogP contribution in [0.25, 0.3) is 0 Å². The lowest BCUT2D eigenvalue weighted by molar-refractivity contribution is 0.118. The first kappa shape index (κ1) is 12.3. The van der Waals surface area contributed by atoms with Gasteiger partial charge in [-0.2, -0.15) is 0 Å². The summed E-state index contributed by atoms with van der Waals surface area (Å²) in [6, 6.07) is 2.17. The van der Waals surface area contributed by atoms with Crippen molar-refractivity contribution in [3.05, 3.63) is 20.8 Å². The van der Waals surface area contributed by atoms with Crippen molar-refractivity contribution in [1.82, 2.24) is 0 Å². The molecule has 0 spiro atoms. The highest BCUT2D eigenvalue weighted by molar-refractivity contribution is 9.11. The molecule has 1 rings (SSSR count). The van der Waals surface area contributed by atoms with Crippen LogP contribution in [0.1, 0.15) is 10.9 Å². The van der Waals surface area contributed by atoms with Gasteiger partial charge in [0, 0.05) is 4.88 Å². The standard InChI is InChI=1S/C6H6BrF2NS.ClH/c7-4-2-1-3(11-4)5(10)6(8)9;/h1-2,5-6H,10H2;1H/t5-;/m1./s1. The van der Waals surface area contributed by atoms with Crippen LogP contribution in [0.3, 0.4) is 0 Å². The van der Waals surface area contributed by atoms with Crippen molar-refractivity contribution in [3.8, 4) is 0 Å². The minimum atomic E-state index is -2.49. The lowest BCUT2D eigenvalue weighted by Crippen LogP contribution is -2.17. The molecule has 0 aliphatic heterocycles. The number of nitrogens with two attached hydrogens (primary N) is 1. The molecule has 0 saturated heterocycles. The van der Waals surface area contributed by atoms with Crippen LogP contribution < -0.4 is 5.73 Å². The number of alkyl halides is 2. The summed E-state index contributed by atoms with van der Waals surface area (Å²) in [6.45, 7) is 0. The van der Waals surface area contributed by atoms with Gasteiger partial charge in [-0.25, -0.2) is 8.78 Å². The molecule has 1 aromatic rings. The van der Waals surface area contributed by atoms with E-state index in [1.165, 1.54) is 11.3 Å². The van der Waals surface area contributed by atoms with Crippen molar-refractivity contribution in [2.75, 3.05) is 0 Å². The molecule has 0 amide bonds. The van der Waals surface area contributed by atoms with Crippen LogP contribution in [-0.4, -0.2) is 6.43 Å². The maximum atomic E-state index is 12.0. The molecule has 0 aliphatic rings. The van der Waals surface area contributed by atoms with E-state index in [9.17, 15) is 8.78 Å². The Morgan fingerprint density at radius 1 is 1.42 bits per heavy atom. The summed E-state index contributed by atoms with van der Waals surface area (Å²) in [5, 5.41) is 0. The molecule has 0 bridgehead atoms. The molecule has 12 heavy (non-hydrogen) atoms. The van der Waals surface area contributed by atoms with Gasteiger partial charge >= 0.3 is 0 Å². The molecule has 1 heterocycles. The van der Waals surface area contributed by atoms with Gasteiger partial charge in [-0.1, -0.05) is 0 Å². The third-order valence-corrected chi connectivity index (χ3v) is 2.92. The van der Waals surface area contributed by atoms with Gasteiger partial charge in [-0.3, -0.25) is 0 Å². The average molecular weight is 279 g/mol. The second kappa shape index (κ2) is 5.11. The molecule has 0 aromatic carbocycles. The van der Waals surface area contributed by atoms with Crippen LogP contribution in [0.2, 0.25) is 0 Å². The van der Waals surface area contributed by atoms with Gasteiger partial charge in [0.05, 0.1) is 3.79 Å². The SMILES string of the molecule is Cl.N[C@H](c1ccc(Br)s1)C(F)F. The molecule has 0 saturated carbocycles. The number of rotatable bonds is 2. The predicted octanol–water partition coefficient (Wildman–Crippen LogP) is 3.20. The maximum absolute atomic E-state index is 12.0. The molecule has 1 nitrogen and oxygen atoms in total. The third kappa shape index (κ3) is 2.97. The molecule has 0 aliphatic carbocycles. The molecule has 1 atom stereocenters. The summed E-state index contributed by atoms with van der Waals surface area (Å²) < 4.78 is 24.8. The summed E-state index contributed by atoms with van der Waals surface area (Å²) in [6.07, 6.45) is -2.49. The van der Waals surface area contributed by atoms with Crippen LogP contribution in [0.4, 0.5) is 8.78 Å². The summed E-state index contributed by atoms with van der Waals surface area (Å²) in [7, 11) is 0. The van der Waals surface area contributed by atoms with Gasteiger partial charge in [-0.15, -0.1) is 23.7 Å². The number of hydrogen-bond donors (Lipinski definition) is 1. The van der Waals surface area contributed by atoms with Gasteiger partial charge < -0.3 is 5.73 Å². The smallest absolute Gasteiger partial charge is 0.258 e. The highest BCUT2D eigenvalue weighted by atomic mass is 79.9. The Morgan fingerprint density at radius 3 is 2.33 bits per heavy atom. The van der Waals surface area contributed by atoms with Gasteiger partial charge in [0.25, 0.3) is 6.43 Å². The largest absolute Gasteiger partial charge is 0.319 e. The van der Waals surface area contributed by atoms with Crippen molar-refractivity contribution < 1.29 is 8.78 Å². The second-order valence-electron chi connectivity index (χ2n) is 2.00. The van der Waals surface area contributed by atoms with Crippen molar-refractivity contribution in [2.45, 2.75) is 12.5 Å². The van der Waals surface area contributed by atoms with Crippen molar-refractivity contribution >= 4 is 39.7 Å². The Labute approximate surface area is 87.5 Å². The number of hydrogen-bond acceptors (Lipinski definition) is 2. The Bertz CT molecular complexity index is 243. The zero-order chi connectivity index (χ0) is 8.43. The first-order valence-corrected chi connectivity index (χ1v) is 4.51. The fourth-order valence-corrected chi connectivity index (χ4v) is 2.06. The van der Waals surface area contributed by atoms with E-state index in [1.54, 1.807) is 12.1 Å². The summed E-state index contributed by atoms with van der Waals surface area (Å²) in [5.74, 6) is 0.